The zero-order valence-corrected chi connectivity index (χ0v) is 20.6. The fourth-order valence-electron chi connectivity index (χ4n) is 4.00. The summed E-state index contributed by atoms with van der Waals surface area (Å²) in [6.07, 6.45) is 6.47. The Morgan fingerprint density at radius 2 is 2.00 bits per heavy atom. The largest absolute Gasteiger partial charge is 0.370 e. The van der Waals surface area contributed by atoms with E-state index in [2.05, 4.69) is 20.3 Å². The van der Waals surface area contributed by atoms with Crippen molar-refractivity contribution in [1.82, 2.24) is 24.6 Å². The molecule has 35 heavy (non-hydrogen) atoms. The van der Waals surface area contributed by atoms with Crippen molar-refractivity contribution in [3.05, 3.63) is 51.3 Å². The number of imidazole rings is 1. The second-order valence-corrected chi connectivity index (χ2v) is 9.73. The van der Waals surface area contributed by atoms with Gasteiger partial charge in [-0.2, -0.15) is 0 Å². The highest BCUT2D eigenvalue weighted by Gasteiger charge is 2.37. The predicted molar refractivity (Wildman–Crippen MR) is 136 cm³/mol. The lowest BCUT2D eigenvalue weighted by molar-refractivity contribution is 0.0728. The lowest BCUT2D eigenvalue weighted by Crippen LogP contribution is -2.33. The summed E-state index contributed by atoms with van der Waals surface area (Å²) >= 11 is 7.39. The number of fused-ring (bicyclic) bond motifs is 1. The summed E-state index contributed by atoms with van der Waals surface area (Å²) in [4.78, 5) is 40.4. The van der Waals surface area contributed by atoms with Gasteiger partial charge in [0.15, 0.2) is 5.96 Å². The normalized spacial score (nSPS) is 17.6. The maximum Gasteiger partial charge on any atom is 0.274 e. The van der Waals surface area contributed by atoms with Gasteiger partial charge in [-0.05, 0) is 37.8 Å². The Morgan fingerprint density at radius 1 is 1.17 bits per heavy atom. The van der Waals surface area contributed by atoms with Gasteiger partial charge in [-0.25, -0.2) is 9.97 Å². The summed E-state index contributed by atoms with van der Waals surface area (Å²) in [6.45, 7) is 1.50. The van der Waals surface area contributed by atoms with Gasteiger partial charge in [-0.15, -0.1) is 11.3 Å². The molecule has 13 heteroatoms. The van der Waals surface area contributed by atoms with E-state index >= 15 is 0 Å². The molecule has 4 rings (SSSR count). The smallest absolute Gasteiger partial charge is 0.274 e. The molecule has 1 fully saturated rings. The van der Waals surface area contributed by atoms with E-state index < -0.39 is 0 Å². The number of unbranched alkanes of at least 4 members (excludes halogenated alkanes) is 2. The van der Waals surface area contributed by atoms with Crippen molar-refractivity contribution in [3.63, 3.8) is 0 Å². The molecule has 1 aliphatic rings. The molecule has 0 saturated carbocycles. The number of carbonyl (C=O) groups is 2. The van der Waals surface area contributed by atoms with Crippen molar-refractivity contribution in [3.8, 4) is 0 Å². The topological polar surface area (TPSA) is 170 Å². The van der Waals surface area contributed by atoms with E-state index in [1.54, 1.807) is 39.2 Å². The van der Waals surface area contributed by atoms with Crippen LogP contribution in [0.4, 0.5) is 0 Å². The number of guanidine groups is 1. The van der Waals surface area contributed by atoms with Gasteiger partial charge in [-0.1, -0.05) is 11.6 Å². The highest BCUT2D eigenvalue weighted by atomic mass is 35.5. The fraction of sp³-hybridized carbons (Fsp3) is 0.409. The third kappa shape index (κ3) is 6.08. The Hall–Kier alpha value is -3.22. The van der Waals surface area contributed by atoms with Crippen LogP contribution in [0.2, 0.25) is 5.02 Å². The third-order valence-corrected chi connectivity index (χ3v) is 6.85. The minimum absolute atomic E-state index is 0.0874. The molecule has 186 valence electrons. The number of aliphatic imine (C=N–C) groups is 1. The molecule has 0 unspecified atom stereocenters. The first-order valence-corrected chi connectivity index (χ1v) is 12.6. The number of hydrogen-bond donors (Lipinski definition) is 4. The van der Waals surface area contributed by atoms with Gasteiger partial charge in [-0.3, -0.25) is 14.6 Å². The number of pyridine rings is 1. The van der Waals surface area contributed by atoms with Crippen LogP contribution in [-0.2, 0) is 0 Å². The molecule has 2 atom stereocenters. The SMILES string of the molecule is NC(N)=NCCCCCNC(=O)c1csc([C@@H]2C[C@@H](N)CN2C(=O)c2cn3cc(Cl)ccc3n2)n1. The molecule has 11 nitrogen and oxygen atoms in total. The maximum atomic E-state index is 13.3. The lowest BCUT2D eigenvalue weighted by atomic mass is 10.2. The second-order valence-electron chi connectivity index (χ2n) is 8.40. The van der Waals surface area contributed by atoms with Crippen molar-refractivity contribution < 1.29 is 9.59 Å². The van der Waals surface area contributed by atoms with Crippen molar-refractivity contribution in [2.24, 2.45) is 22.2 Å². The number of rotatable bonds is 9. The summed E-state index contributed by atoms with van der Waals surface area (Å²) in [5.41, 5.74) is 18.1. The van der Waals surface area contributed by atoms with Crippen LogP contribution in [0.1, 0.15) is 57.7 Å². The number of nitrogens with zero attached hydrogens (tertiary/aromatic N) is 5. The summed E-state index contributed by atoms with van der Waals surface area (Å²) in [5, 5.41) is 5.82. The first-order valence-electron chi connectivity index (χ1n) is 11.3. The van der Waals surface area contributed by atoms with E-state index in [1.807, 2.05) is 0 Å². The Bertz CT molecular complexity index is 1240. The summed E-state index contributed by atoms with van der Waals surface area (Å²) in [5.74, 6) is -0.386. The minimum atomic E-state index is -0.312. The number of halogens is 1. The molecule has 1 saturated heterocycles. The molecule has 0 radical (unpaired) electrons. The first-order chi connectivity index (χ1) is 16.8. The van der Waals surface area contributed by atoms with Crippen molar-refractivity contribution in [2.75, 3.05) is 19.6 Å². The van der Waals surface area contributed by atoms with Crippen LogP contribution in [0, 0.1) is 0 Å². The zero-order chi connectivity index (χ0) is 24.9. The summed E-state index contributed by atoms with van der Waals surface area (Å²) in [7, 11) is 0. The second kappa shape index (κ2) is 11.0. The molecule has 3 aromatic rings. The monoisotopic (exact) mass is 517 g/mol. The molecule has 0 aromatic carbocycles. The molecule has 0 aliphatic carbocycles. The molecule has 1 aliphatic heterocycles. The van der Waals surface area contributed by atoms with E-state index in [0.717, 1.165) is 19.3 Å². The highest BCUT2D eigenvalue weighted by molar-refractivity contribution is 7.09. The van der Waals surface area contributed by atoms with Crippen LogP contribution in [-0.4, -0.2) is 62.7 Å². The summed E-state index contributed by atoms with van der Waals surface area (Å²) < 4.78 is 1.72. The Kier molecular flexibility index (Phi) is 7.83. The van der Waals surface area contributed by atoms with Crippen LogP contribution in [0.5, 0.6) is 0 Å². The van der Waals surface area contributed by atoms with Gasteiger partial charge in [0.2, 0.25) is 0 Å². The minimum Gasteiger partial charge on any atom is -0.370 e. The number of nitrogens with two attached hydrogens (primary N) is 3. The molecule has 7 N–H and O–H groups in total. The van der Waals surface area contributed by atoms with Gasteiger partial charge in [0.05, 0.1) is 11.1 Å². The first kappa shape index (κ1) is 24.9. The standard InChI is InChI=1S/C22H28ClN9O2S/c23-13-4-5-18-29-15(11-31(18)9-13)21(34)32-10-14(24)8-17(32)20-30-16(12-35-20)19(33)27-6-2-1-3-7-28-22(25)26/h4-5,9,11-12,14,17H,1-3,6-8,10,24H2,(H,27,33)(H4,25,26,28)/t14-,17+/m1/s1. The van der Waals surface area contributed by atoms with Crippen LogP contribution >= 0.6 is 22.9 Å². The van der Waals surface area contributed by atoms with Crippen LogP contribution in [0.3, 0.4) is 0 Å². The Morgan fingerprint density at radius 3 is 2.80 bits per heavy atom. The molecule has 3 aromatic heterocycles. The van der Waals surface area contributed by atoms with Crippen LogP contribution < -0.4 is 22.5 Å². The van der Waals surface area contributed by atoms with Gasteiger partial charge in [0, 0.05) is 43.4 Å². The van der Waals surface area contributed by atoms with E-state index in [0.29, 0.717) is 53.1 Å². The maximum absolute atomic E-state index is 13.3. The number of hydrogen-bond acceptors (Lipinski definition) is 7. The van der Waals surface area contributed by atoms with Gasteiger partial charge < -0.3 is 31.8 Å². The molecular formula is C22H28ClN9O2S. The molecular weight excluding hydrogens is 490 g/mol. The quantitative estimate of drug-likeness (QED) is 0.189. The summed E-state index contributed by atoms with van der Waals surface area (Å²) in [6, 6.07) is 2.98. The highest BCUT2D eigenvalue weighted by Crippen LogP contribution is 2.34. The molecule has 4 heterocycles. The van der Waals surface area contributed by atoms with E-state index in [-0.39, 0.29) is 29.9 Å². The number of likely N-dealkylation sites (tertiary alicyclic amines) is 1. The van der Waals surface area contributed by atoms with Crippen molar-refractivity contribution in [2.45, 2.75) is 37.8 Å². The van der Waals surface area contributed by atoms with E-state index in [4.69, 9.17) is 28.8 Å². The number of nitrogens with one attached hydrogen (secondary N) is 1. The zero-order valence-electron chi connectivity index (χ0n) is 19.1. The fourth-order valence-corrected chi connectivity index (χ4v) is 5.09. The lowest BCUT2D eigenvalue weighted by Gasteiger charge is -2.21. The van der Waals surface area contributed by atoms with Gasteiger partial charge >= 0.3 is 0 Å². The van der Waals surface area contributed by atoms with Crippen LogP contribution in [0.15, 0.2) is 34.9 Å². The molecule has 2 amide bonds. The van der Waals surface area contributed by atoms with Crippen molar-refractivity contribution >= 4 is 46.4 Å². The number of thiazole rings is 1. The predicted octanol–water partition coefficient (Wildman–Crippen LogP) is 1.53. The average Bonchev–Trinajstić information content (AvgIpc) is 3.55. The van der Waals surface area contributed by atoms with E-state index in [1.165, 1.54) is 11.3 Å². The third-order valence-electron chi connectivity index (χ3n) is 5.68. The number of carbonyl (C=O) groups excluding carboxylic acids is 2. The average molecular weight is 518 g/mol. The Balaban J connectivity index is 1.37. The number of aromatic nitrogens is 3. The van der Waals surface area contributed by atoms with Crippen molar-refractivity contribution in [1.29, 1.82) is 0 Å². The van der Waals surface area contributed by atoms with E-state index in [9.17, 15) is 9.59 Å². The molecule has 0 spiro atoms. The van der Waals surface area contributed by atoms with Crippen LogP contribution in [0.25, 0.3) is 5.65 Å². The van der Waals surface area contributed by atoms with Gasteiger partial charge in [0.1, 0.15) is 22.0 Å². The Labute approximate surface area is 211 Å². The molecule has 0 bridgehead atoms. The van der Waals surface area contributed by atoms with Gasteiger partial charge in [0.25, 0.3) is 11.8 Å². The number of amides is 2.